The fourth-order valence-corrected chi connectivity index (χ4v) is 3.16. The molecule has 0 fully saturated rings. The minimum absolute atomic E-state index is 0.0679. The fraction of sp³-hybridized carbons (Fsp3) is 0.235. The van der Waals surface area contributed by atoms with Crippen LogP contribution in [-0.2, 0) is 17.8 Å². The van der Waals surface area contributed by atoms with Crippen molar-refractivity contribution in [3.05, 3.63) is 57.8 Å². The highest BCUT2D eigenvalue weighted by molar-refractivity contribution is 7.15. The van der Waals surface area contributed by atoms with Gasteiger partial charge < -0.3 is 9.73 Å². The third-order valence-electron chi connectivity index (χ3n) is 3.36. The first kappa shape index (κ1) is 16.7. The molecule has 0 aliphatic carbocycles. The number of carbonyl (C=O) groups is 1. The molecule has 0 unspecified atom stereocenters. The van der Waals surface area contributed by atoms with Crippen LogP contribution in [0, 0.1) is 6.92 Å². The summed E-state index contributed by atoms with van der Waals surface area (Å²) in [5.41, 5.74) is 0.962. The zero-order valence-corrected chi connectivity index (χ0v) is 14.7. The normalized spacial score (nSPS) is 10.8. The van der Waals surface area contributed by atoms with Crippen LogP contribution in [-0.4, -0.2) is 16.1 Å². The van der Waals surface area contributed by atoms with E-state index in [9.17, 15) is 4.79 Å². The highest BCUT2D eigenvalue weighted by Crippen LogP contribution is 2.26. The van der Waals surface area contributed by atoms with Gasteiger partial charge in [-0.25, -0.2) is 0 Å². The molecular formula is C17H16ClN3O2S. The molecule has 1 N–H and O–H groups in total. The van der Waals surface area contributed by atoms with Gasteiger partial charge in [0, 0.05) is 29.3 Å². The molecule has 0 atom stereocenters. The van der Waals surface area contributed by atoms with E-state index < -0.39 is 0 Å². The van der Waals surface area contributed by atoms with Crippen molar-refractivity contribution >= 4 is 28.8 Å². The Morgan fingerprint density at radius 1 is 1.29 bits per heavy atom. The van der Waals surface area contributed by atoms with Gasteiger partial charge in [0.05, 0.1) is 4.88 Å². The second kappa shape index (κ2) is 7.59. The molecule has 2 heterocycles. The number of benzene rings is 1. The van der Waals surface area contributed by atoms with Crippen LogP contribution in [0.4, 0.5) is 0 Å². The number of thiophene rings is 1. The summed E-state index contributed by atoms with van der Waals surface area (Å²) in [5, 5.41) is 11.5. The van der Waals surface area contributed by atoms with E-state index in [2.05, 4.69) is 15.5 Å². The molecule has 3 aromatic rings. The number of carbonyl (C=O) groups excluding carboxylic acids is 1. The second-order valence-corrected chi connectivity index (χ2v) is 7.04. The first-order valence-electron chi connectivity index (χ1n) is 7.50. The zero-order valence-electron chi connectivity index (χ0n) is 13.1. The molecule has 1 aromatic carbocycles. The Bertz CT molecular complexity index is 844. The summed E-state index contributed by atoms with van der Waals surface area (Å²) in [4.78, 5) is 14.0. The van der Waals surface area contributed by atoms with E-state index in [0.717, 1.165) is 10.4 Å². The standard InChI is InChI=1S/C17H16ClN3O2S/c1-11-5-6-14(24-11)17-21-20-16(23-17)8-7-15(22)19-10-12-3-2-4-13(18)9-12/h2-6,9H,7-8,10H2,1H3,(H,19,22). The zero-order chi connectivity index (χ0) is 16.9. The smallest absolute Gasteiger partial charge is 0.257 e. The van der Waals surface area contributed by atoms with Crippen molar-refractivity contribution in [3.63, 3.8) is 0 Å². The van der Waals surface area contributed by atoms with Gasteiger partial charge in [-0.05, 0) is 36.8 Å². The Morgan fingerprint density at radius 2 is 2.17 bits per heavy atom. The molecule has 7 heteroatoms. The van der Waals surface area contributed by atoms with Gasteiger partial charge in [-0.2, -0.15) is 0 Å². The molecule has 24 heavy (non-hydrogen) atoms. The quantitative estimate of drug-likeness (QED) is 0.720. The minimum atomic E-state index is -0.0679. The molecule has 0 bridgehead atoms. The maximum atomic E-state index is 11.9. The van der Waals surface area contributed by atoms with Crippen LogP contribution in [0.2, 0.25) is 5.02 Å². The molecule has 3 rings (SSSR count). The Kier molecular flexibility index (Phi) is 5.27. The molecule has 0 spiro atoms. The predicted octanol–water partition coefficient (Wildman–Crippen LogP) is 4.01. The lowest BCUT2D eigenvalue weighted by atomic mass is 10.2. The highest BCUT2D eigenvalue weighted by Gasteiger charge is 2.11. The average Bonchev–Trinajstić information content (AvgIpc) is 3.20. The van der Waals surface area contributed by atoms with Gasteiger partial charge in [0.2, 0.25) is 11.8 Å². The molecule has 0 saturated carbocycles. The summed E-state index contributed by atoms with van der Waals surface area (Å²) in [7, 11) is 0. The summed E-state index contributed by atoms with van der Waals surface area (Å²) in [6, 6.07) is 11.4. The van der Waals surface area contributed by atoms with Gasteiger partial charge in [-0.1, -0.05) is 23.7 Å². The number of halogens is 1. The Morgan fingerprint density at radius 3 is 2.92 bits per heavy atom. The first-order chi connectivity index (χ1) is 11.6. The first-order valence-corrected chi connectivity index (χ1v) is 8.70. The van der Waals surface area contributed by atoms with Crippen LogP contribution in [0.3, 0.4) is 0 Å². The van der Waals surface area contributed by atoms with Gasteiger partial charge in [0.25, 0.3) is 5.89 Å². The molecule has 5 nitrogen and oxygen atoms in total. The summed E-state index contributed by atoms with van der Waals surface area (Å²) >= 11 is 7.52. The SMILES string of the molecule is Cc1ccc(-c2nnc(CCC(=O)NCc3cccc(Cl)c3)o2)s1. The number of nitrogens with one attached hydrogen (secondary N) is 1. The summed E-state index contributed by atoms with van der Waals surface area (Å²) < 4.78 is 5.60. The summed E-state index contributed by atoms with van der Waals surface area (Å²) in [6.07, 6.45) is 0.713. The maximum Gasteiger partial charge on any atom is 0.257 e. The molecule has 1 amide bonds. The maximum absolute atomic E-state index is 11.9. The molecular weight excluding hydrogens is 346 g/mol. The van der Waals surface area contributed by atoms with Crippen molar-refractivity contribution in [2.75, 3.05) is 0 Å². The molecule has 0 aliphatic heterocycles. The van der Waals surface area contributed by atoms with E-state index in [1.807, 2.05) is 37.3 Å². The van der Waals surface area contributed by atoms with Crippen LogP contribution in [0.25, 0.3) is 10.8 Å². The molecule has 0 radical (unpaired) electrons. The largest absolute Gasteiger partial charge is 0.420 e. The number of aromatic nitrogens is 2. The second-order valence-electron chi connectivity index (χ2n) is 5.32. The van der Waals surface area contributed by atoms with Gasteiger partial charge in [0.15, 0.2) is 0 Å². The van der Waals surface area contributed by atoms with Crippen molar-refractivity contribution < 1.29 is 9.21 Å². The van der Waals surface area contributed by atoms with Crippen molar-refractivity contribution in [2.45, 2.75) is 26.3 Å². The number of hydrogen-bond acceptors (Lipinski definition) is 5. The van der Waals surface area contributed by atoms with Crippen LogP contribution in [0.1, 0.15) is 22.8 Å². The lowest BCUT2D eigenvalue weighted by Gasteiger charge is -2.04. The Labute approximate surface area is 148 Å². The van der Waals surface area contributed by atoms with Gasteiger partial charge >= 0.3 is 0 Å². The number of hydrogen-bond donors (Lipinski definition) is 1. The van der Waals surface area contributed by atoms with Crippen molar-refractivity contribution in [1.29, 1.82) is 0 Å². The Balaban J connectivity index is 1.49. The van der Waals surface area contributed by atoms with E-state index in [-0.39, 0.29) is 5.91 Å². The molecule has 0 saturated heterocycles. The number of aryl methyl sites for hydroxylation is 2. The van der Waals surface area contributed by atoms with Crippen LogP contribution < -0.4 is 5.32 Å². The summed E-state index contributed by atoms with van der Waals surface area (Å²) in [5.74, 6) is 0.901. The third-order valence-corrected chi connectivity index (χ3v) is 4.59. The molecule has 2 aromatic heterocycles. The van der Waals surface area contributed by atoms with E-state index in [0.29, 0.717) is 36.2 Å². The average molecular weight is 362 g/mol. The predicted molar refractivity (Wildman–Crippen MR) is 94.0 cm³/mol. The van der Waals surface area contributed by atoms with E-state index in [4.69, 9.17) is 16.0 Å². The van der Waals surface area contributed by atoms with E-state index in [1.165, 1.54) is 4.88 Å². The van der Waals surface area contributed by atoms with Gasteiger partial charge in [-0.3, -0.25) is 4.79 Å². The van der Waals surface area contributed by atoms with Crippen molar-refractivity contribution in [3.8, 4) is 10.8 Å². The minimum Gasteiger partial charge on any atom is -0.420 e. The van der Waals surface area contributed by atoms with Crippen LogP contribution in [0.5, 0.6) is 0 Å². The molecule has 124 valence electrons. The monoisotopic (exact) mass is 361 g/mol. The lowest BCUT2D eigenvalue weighted by molar-refractivity contribution is -0.121. The topological polar surface area (TPSA) is 68.0 Å². The third kappa shape index (κ3) is 4.43. The van der Waals surface area contributed by atoms with Crippen molar-refractivity contribution in [2.24, 2.45) is 0 Å². The summed E-state index contributed by atoms with van der Waals surface area (Å²) in [6.45, 7) is 2.47. The van der Waals surface area contributed by atoms with Gasteiger partial charge in [-0.15, -0.1) is 21.5 Å². The van der Waals surface area contributed by atoms with Gasteiger partial charge in [0.1, 0.15) is 0 Å². The van der Waals surface area contributed by atoms with E-state index in [1.54, 1.807) is 17.4 Å². The van der Waals surface area contributed by atoms with Crippen LogP contribution in [0.15, 0.2) is 40.8 Å². The number of rotatable bonds is 6. The fourth-order valence-electron chi connectivity index (χ4n) is 2.16. The highest BCUT2D eigenvalue weighted by atomic mass is 35.5. The lowest BCUT2D eigenvalue weighted by Crippen LogP contribution is -2.23. The number of nitrogens with zero attached hydrogens (tertiary/aromatic N) is 2. The molecule has 0 aliphatic rings. The van der Waals surface area contributed by atoms with Crippen LogP contribution >= 0.6 is 22.9 Å². The van der Waals surface area contributed by atoms with E-state index >= 15 is 0 Å². The van der Waals surface area contributed by atoms with Crippen molar-refractivity contribution in [1.82, 2.24) is 15.5 Å². The number of amides is 1. The Hall–Kier alpha value is -2.18.